The van der Waals surface area contributed by atoms with Gasteiger partial charge in [-0.05, 0) is 18.2 Å². The predicted octanol–water partition coefficient (Wildman–Crippen LogP) is 4.14. The lowest BCUT2D eigenvalue weighted by atomic mass is 10.3. The average Bonchev–Trinajstić information content (AvgIpc) is 2.49. The van der Waals surface area contributed by atoms with Crippen LogP contribution in [0, 0.1) is 0 Å². The Kier molecular flexibility index (Phi) is 2.83. The molecule has 0 radical (unpaired) electrons. The Hall–Kier alpha value is -0.830. The van der Waals surface area contributed by atoms with Crippen LogP contribution >= 0.6 is 34.8 Å². The molecule has 78 valence electrons. The number of hydrogen-bond acceptors (Lipinski definition) is 1. The van der Waals surface area contributed by atoms with Crippen LogP contribution < -0.4 is 0 Å². The monoisotopic (exact) mass is 261 g/mol. The molecule has 1 N–H and O–H groups in total. The molecule has 0 saturated carbocycles. The summed E-state index contributed by atoms with van der Waals surface area (Å²) in [7, 11) is 0. The maximum atomic E-state index is 9.67. The van der Waals surface area contributed by atoms with Gasteiger partial charge in [0.25, 0.3) is 0 Å². The van der Waals surface area contributed by atoms with E-state index in [0.717, 1.165) is 0 Å². The highest BCUT2D eigenvalue weighted by atomic mass is 35.5. The van der Waals surface area contributed by atoms with Gasteiger partial charge in [-0.3, -0.25) is 0 Å². The number of phenols is 1. The van der Waals surface area contributed by atoms with Gasteiger partial charge >= 0.3 is 0 Å². The highest BCUT2D eigenvalue weighted by molar-refractivity contribution is 6.41. The fourth-order valence-electron chi connectivity index (χ4n) is 1.30. The molecule has 0 saturated heterocycles. The Morgan fingerprint density at radius 2 is 1.73 bits per heavy atom. The lowest BCUT2D eigenvalue weighted by Crippen LogP contribution is -1.93. The quantitative estimate of drug-likeness (QED) is 0.821. The van der Waals surface area contributed by atoms with E-state index in [0.29, 0.717) is 20.9 Å². The molecule has 1 aromatic heterocycles. The zero-order valence-corrected chi connectivity index (χ0v) is 9.68. The third kappa shape index (κ3) is 1.81. The molecule has 0 bridgehead atoms. The number of aromatic hydroxyl groups is 1. The van der Waals surface area contributed by atoms with E-state index in [9.17, 15) is 5.11 Å². The molecule has 0 spiro atoms. The normalized spacial score (nSPS) is 10.6. The van der Waals surface area contributed by atoms with Gasteiger partial charge in [-0.25, -0.2) is 0 Å². The van der Waals surface area contributed by atoms with E-state index in [1.807, 2.05) is 0 Å². The Morgan fingerprint density at radius 3 is 2.27 bits per heavy atom. The van der Waals surface area contributed by atoms with Crippen LogP contribution in [-0.4, -0.2) is 9.67 Å². The van der Waals surface area contributed by atoms with E-state index in [1.165, 1.54) is 10.6 Å². The van der Waals surface area contributed by atoms with Crippen LogP contribution in [0.3, 0.4) is 0 Å². The van der Waals surface area contributed by atoms with Gasteiger partial charge in [-0.2, -0.15) is 0 Å². The lowest BCUT2D eigenvalue weighted by molar-refractivity contribution is 0.472. The van der Waals surface area contributed by atoms with Gasteiger partial charge < -0.3 is 9.67 Å². The number of rotatable bonds is 1. The number of nitrogens with zero attached hydrogens (tertiary/aromatic N) is 1. The number of hydrogen-bond donors (Lipinski definition) is 1. The second-order valence-electron chi connectivity index (χ2n) is 2.93. The number of benzene rings is 1. The van der Waals surface area contributed by atoms with E-state index in [2.05, 4.69) is 0 Å². The van der Waals surface area contributed by atoms with Crippen LogP contribution in [0.15, 0.2) is 30.5 Å². The third-order valence-corrected chi connectivity index (χ3v) is 3.08. The van der Waals surface area contributed by atoms with Crippen LogP contribution in [0.1, 0.15) is 0 Å². The molecule has 15 heavy (non-hydrogen) atoms. The number of aromatic nitrogens is 1. The van der Waals surface area contributed by atoms with Crippen molar-refractivity contribution in [3.8, 4) is 11.4 Å². The van der Waals surface area contributed by atoms with Crippen molar-refractivity contribution in [3.05, 3.63) is 45.7 Å². The molecule has 0 unspecified atom stereocenters. The van der Waals surface area contributed by atoms with E-state index in [1.54, 1.807) is 24.4 Å². The van der Waals surface area contributed by atoms with Crippen molar-refractivity contribution in [2.45, 2.75) is 0 Å². The Morgan fingerprint density at radius 1 is 1.00 bits per heavy atom. The van der Waals surface area contributed by atoms with Crippen molar-refractivity contribution in [2.75, 3.05) is 0 Å². The van der Waals surface area contributed by atoms with Crippen molar-refractivity contribution >= 4 is 34.8 Å². The topological polar surface area (TPSA) is 25.2 Å². The highest BCUT2D eigenvalue weighted by Crippen LogP contribution is 2.34. The van der Waals surface area contributed by atoms with Crippen LogP contribution in [-0.2, 0) is 0 Å². The molecular formula is C10H6Cl3NO. The highest BCUT2D eigenvalue weighted by Gasteiger charge is 2.12. The standard InChI is InChI=1S/C10H6Cl3NO/c11-6-2-1-3-8(15)9(6)14-5-4-7(12)10(14)13/h1-5,15H. The predicted molar refractivity (Wildman–Crippen MR) is 62.5 cm³/mol. The number of halogens is 3. The summed E-state index contributed by atoms with van der Waals surface area (Å²) in [5, 5.41) is 10.8. The molecule has 2 rings (SSSR count). The van der Waals surface area contributed by atoms with Crippen LogP contribution in [0.25, 0.3) is 5.69 Å². The Bertz CT molecular complexity index is 487. The van der Waals surface area contributed by atoms with Crippen molar-refractivity contribution in [1.29, 1.82) is 0 Å². The zero-order valence-electron chi connectivity index (χ0n) is 7.42. The van der Waals surface area contributed by atoms with Gasteiger partial charge in [0, 0.05) is 6.20 Å². The van der Waals surface area contributed by atoms with Gasteiger partial charge in [0.2, 0.25) is 0 Å². The molecule has 1 heterocycles. The van der Waals surface area contributed by atoms with Gasteiger partial charge in [-0.1, -0.05) is 40.9 Å². The molecule has 2 nitrogen and oxygen atoms in total. The van der Waals surface area contributed by atoms with Crippen molar-refractivity contribution in [1.82, 2.24) is 4.57 Å². The number of phenolic OH excluding ortho intramolecular Hbond substituents is 1. The first-order chi connectivity index (χ1) is 7.11. The smallest absolute Gasteiger partial charge is 0.141 e. The molecule has 1 aromatic carbocycles. The van der Waals surface area contributed by atoms with Crippen molar-refractivity contribution < 1.29 is 5.11 Å². The summed E-state index contributed by atoms with van der Waals surface area (Å²) in [4.78, 5) is 0. The fraction of sp³-hybridized carbons (Fsp3) is 0. The fourth-order valence-corrected chi connectivity index (χ4v) is 1.92. The molecule has 0 amide bonds. The summed E-state index contributed by atoms with van der Waals surface area (Å²) >= 11 is 17.7. The minimum absolute atomic E-state index is 0.0525. The molecule has 2 aromatic rings. The number of para-hydroxylation sites is 1. The second kappa shape index (κ2) is 3.97. The minimum Gasteiger partial charge on any atom is -0.506 e. The van der Waals surface area contributed by atoms with E-state index in [-0.39, 0.29) is 5.75 Å². The summed E-state index contributed by atoms with van der Waals surface area (Å²) < 4.78 is 1.53. The molecule has 0 aliphatic heterocycles. The maximum absolute atomic E-state index is 9.67. The van der Waals surface area contributed by atoms with Gasteiger partial charge in [0.15, 0.2) is 0 Å². The Balaban J connectivity index is 2.69. The molecule has 5 heteroatoms. The SMILES string of the molecule is Oc1cccc(Cl)c1-n1ccc(Cl)c1Cl. The first kappa shape index (κ1) is 10.7. The summed E-state index contributed by atoms with van der Waals surface area (Å²) in [5.74, 6) is 0.0525. The first-order valence-electron chi connectivity index (χ1n) is 4.11. The third-order valence-electron chi connectivity index (χ3n) is 1.98. The summed E-state index contributed by atoms with van der Waals surface area (Å²) in [6.07, 6.45) is 1.64. The van der Waals surface area contributed by atoms with Crippen molar-refractivity contribution in [2.24, 2.45) is 0 Å². The summed E-state index contributed by atoms with van der Waals surface area (Å²) in [6, 6.07) is 6.49. The summed E-state index contributed by atoms with van der Waals surface area (Å²) in [5.41, 5.74) is 0.427. The average molecular weight is 263 g/mol. The first-order valence-corrected chi connectivity index (χ1v) is 5.25. The van der Waals surface area contributed by atoms with Gasteiger partial charge in [-0.15, -0.1) is 0 Å². The summed E-state index contributed by atoms with van der Waals surface area (Å²) in [6.45, 7) is 0. The molecule has 0 aliphatic rings. The van der Waals surface area contributed by atoms with Gasteiger partial charge in [0.1, 0.15) is 16.6 Å². The van der Waals surface area contributed by atoms with Crippen molar-refractivity contribution in [3.63, 3.8) is 0 Å². The van der Waals surface area contributed by atoms with E-state index in [4.69, 9.17) is 34.8 Å². The molecule has 0 aliphatic carbocycles. The molecule has 0 atom stereocenters. The van der Waals surface area contributed by atoms with E-state index >= 15 is 0 Å². The van der Waals surface area contributed by atoms with Crippen LogP contribution in [0.4, 0.5) is 0 Å². The zero-order chi connectivity index (χ0) is 11.0. The second-order valence-corrected chi connectivity index (χ2v) is 4.10. The largest absolute Gasteiger partial charge is 0.506 e. The van der Waals surface area contributed by atoms with E-state index < -0.39 is 0 Å². The lowest BCUT2D eigenvalue weighted by Gasteiger charge is -2.09. The van der Waals surface area contributed by atoms with Crippen LogP contribution in [0.5, 0.6) is 5.75 Å². The Labute approximate surface area is 102 Å². The maximum Gasteiger partial charge on any atom is 0.141 e. The van der Waals surface area contributed by atoms with Gasteiger partial charge in [0.05, 0.1) is 10.0 Å². The molecule has 0 fully saturated rings. The van der Waals surface area contributed by atoms with Crippen LogP contribution in [0.2, 0.25) is 15.2 Å². The molecular weight excluding hydrogens is 256 g/mol. The minimum atomic E-state index is 0.0525.